The van der Waals surface area contributed by atoms with Crippen LogP contribution in [-0.4, -0.2) is 0 Å². The van der Waals surface area contributed by atoms with E-state index in [1.54, 1.807) is 5.57 Å². The predicted octanol–water partition coefficient (Wildman–Crippen LogP) is 2.92. The van der Waals surface area contributed by atoms with Crippen LogP contribution in [0.3, 0.4) is 0 Å². The van der Waals surface area contributed by atoms with Crippen molar-refractivity contribution in [2.45, 2.75) is 27.2 Å². The molecule has 2 rings (SSSR count). The van der Waals surface area contributed by atoms with Crippen LogP contribution in [0.25, 0.3) is 0 Å². The zero-order valence-corrected chi connectivity index (χ0v) is 6.94. The van der Waals surface area contributed by atoms with E-state index in [1.165, 1.54) is 12.0 Å². The fraction of sp³-hybridized carbons (Fsp3) is 0.600. The molecule has 1 saturated carbocycles. The lowest BCUT2D eigenvalue weighted by Crippen LogP contribution is -2.03. The van der Waals surface area contributed by atoms with E-state index in [0.29, 0.717) is 5.41 Å². The average Bonchev–Trinajstić information content (AvgIpc) is 2.52. The smallest absolute Gasteiger partial charge is 0.0161 e. The molecule has 0 nitrogen and oxygen atoms in total. The zero-order chi connectivity index (χ0) is 7.35. The van der Waals surface area contributed by atoms with Gasteiger partial charge < -0.3 is 0 Å². The van der Waals surface area contributed by atoms with E-state index in [9.17, 15) is 0 Å². The first-order valence-electron chi connectivity index (χ1n) is 4.06. The summed E-state index contributed by atoms with van der Waals surface area (Å²) in [5.41, 5.74) is 3.75. The Hall–Kier alpha value is -0.520. The van der Waals surface area contributed by atoms with Crippen LogP contribution in [0, 0.1) is 11.3 Å². The van der Waals surface area contributed by atoms with Crippen molar-refractivity contribution in [2.75, 3.05) is 0 Å². The molecular formula is C10H14. The van der Waals surface area contributed by atoms with Crippen LogP contribution in [0.15, 0.2) is 23.3 Å². The molecule has 0 radical (unpaired) electrons. The molecule has 0 spiro atoms. The summed E-state index contributed by atoms with van der Waals surface area (Å²) in [6, 6.07) is 0. The largest absolute Gasteiger partial charge is 0.0734 e. The van der Waals surface area contributed by atoms with Crippen LogP contribution < -0.4 is 0 Å². The first-order valence-corrected chi connectivity index (χ1v) is 4.06. The summed E-state index contributed by atoms with van der Waals surface area (Å²) < 4.78 is 0. The van der Waals surface area contributed by atoms with Crippen molar-refractivity contribution in [3.05, 3.63) is 23.3 Å². The van der Waals surface area contributed by atoms with Crippen molar-refractivity contribution in [1.29, 1.82) is 0 Å². The minimum atomic E-state index is 0.532. The van der Waals surface area contributed by atoms with Crippen molar-refractivity contribution in [1.82, 2.24) is 0 Å². The number of fused-ring (bicyclic) bond motifs is 1. The normalized spacial score (nSPS) is 35.6. The lowest BCUT2D eigenvalue weighted by molar-refractivity contribution is 0.471. The molecule has 0 saturated heterocycles. The van der Waals surface area contributed by atoms with E-state index in [1.807, 2.05) is 0 Å². The number of allylic oxidation sites excluding steroid dienone is 4. The Labute approximate surface area is 62.6 Å². The van der Waals surface area contributed by atoms with E-state index in [4.69, 9.17) is 0 Å². The van der Waals surface area contributed by atoms with Gasteiger partial charge in [0.1, 0.15) is 0 Å². The highest BCUT2D eigenvalue weighted by Crippen LogP contribution is 2.63. The Balaban J connectivity index is 2.35. The van der Waals surface area contributed by atoms with Crippen molar-refractivity contribution in [3.8, 4) is 0 Å². The molecular weight excluding hydrogens is 120 g/mol. The second kappa shape index (κ2) is 1.55. The summed E-state index contributed by atoms with van der Waals surface area (Å²) in [4.78, 5) is 0. The molecule has 2 aliphatic rings. The maximum Gasteiger partial charge on any atom is 0.0161 e. The van der Waals surface area contributed by atoms with E-state index in [0.717, 1.165) is 5.92 Å². The van der Waals surface area contributed by atoms with Gasteiger partial charge in [-0.25, -0.2) is 0 Å². The molecule has 2 aliphatic carbocycles. The van der Waals surface area contributed by atoms with Gasteiger partial charge >= 0.3 is 0 Å². The maximum absolute atomic E-state index is 2.39. The standard InChI is InChI=1S/C10H14/c1-7(2)10-5-4-8(3)9(10)6-10/h4-5,7H,6H2,1-3H3. The fourth-order valence-corrected chi connectivity index (χ4v) is 2.03. The molecule has 1 atom stereocenters. The zero-order valence-electron chi connectivity index (χ0n) is 6.94. The molecule has 10 heavy (non-hydrogen) atoms. The van der Waals surface area contributed by atoms with E-state index >= 15 is 0 Å². The predicted molar refractivity (Wildman–Crippen MR) is 43.7 cm³/mol. The molecule has 0 N–H and O–H groups in total. The van der Waals surface area contributed by atoms with Gasteiger partial charge in [-0.1, -0.05) is 37.1 Å². The summed E-state index contributed by atoms with van der Waals surface area (Å²) >= 11 is 0. The van der Waals surface area contributed by atoms with Crippen LogP contribution in [-0.2, 0) is 0 Å². The van der Waals surface area contributed by atoms with E-state index in [-0.39, 0.29) is 0 Å². The molecule has 0 heterocycles. The van der Waals surface area contributed by atoms with Gasteiger partial charge in [-0.2, -0.15) is 0 Å². The lowest BCUT2D eigenvalue weighted by Gasteiger charge is -2.11. The lowest BCUT2D eigenvalue weighted by atomic mass is 9.93. The third-order valence-corrected chi connectivity index (χ3v) is 3.04. The summed E-state index contributed by atoms with van der Waals surface area (Å²) in [5, 5.41) is 0. The molecule has 0 aromatic rings. The van der Waals surface area contributed by atoms with Gasteiger partial charge in [0.25, 0.3) is 0 Å². The minimum Gasteiger partial charge on any atom is -0.0734 e. The van der Waals surface area contributed by atoms with Crippen LogP contribution in [0.1, 0.15) is 27.2 Å². The van der Waals surface area contributed by atoms with E-state index < -0.39 is 0 Å². The Morgan fingerprint density at radius 1 is 1.50 bits per heavy atom. The Bertz CT molecular complexity index is 230. The van der Waals surface area contributed by atoms with Gasteiger partial charge in [-0.3, -0.25) is 0 Å². The van der Waals surface area contributed by atoms with Crippen LogP contribution in [0.5, 0.6) is 0 Å². The Kier molecular flexibility index (Phi) is 0.964. The van der Waals surface area contributed by atoms with Gasteiger partial charge in [0.05, 0.1) is 0 Å². The van der Waals surface area contributed by atoms with Crippen molar-refractivity contribution in [3.63, 3.8) is 0 Å². The molecule has 0 amide bonds. The highest BCUT2D eigenvalue weighted by Gasteiger charge is 2.51. The molecule has 54 valence electrons. The topological polar surface area (TPSA) is 0 Å². The summed E-state index contributed by atoms with van der Waals surface area (Å²) in [6.45, 7) is 6.86. The SMILES string of the molecule is CC1=C2CC2(C(C)C)C=C1. The molecule has 1 unspecified atom stereocenters. The molecule has 0 aromatic carbocycles. The number of hydrogen-bond donors (Lipinski definition) is 0. The number of hydrogen-bond acceptors (Lipinski definition) is 0. The molecule has 0 bridgehead atoms. The summed E-state index contributed by atoms with van der Waals surface area (Å²) in [5.74, 6) is 0.802. The van der Waals surface area contributed by atoms with Gasteiger partial charge in [0, 0.05) is 5.41 Å². The molecule has 0 aromatic heterocycles. The number of rotatable bonds is 1. The summed E-state index contributed by atoms with van der Waals surface area (Å²) in [6.07, 6.45) is 6.01. The summed E-state index contributed by atoms with van der Waals surface area (Å²) in [7, 11) is 0. The van der Waals surface area contributed by atoms with Gasteiger partial charge in [0.2, 0.25) is 0 Å². The molecule has 1 fully saturated rings. The van der Waals surface area contributed by atoms with Crippen molar-refractivity contribution >= 4 is 0 Å². The van der Waals surface area contributed by atoms with Crippen LogP contribution in [0.2, 0.25) is 0 Å². The van der Waals surface area contributed by atoms with Crippen LogP contribution in [0.4, 0.5) is 0 Å². The fourth-order valence-electron chi connectivity index (χ4n) is 2.03. The Morgan fingerprint density at radius 2 is 2.20 bits per heavy atom. The minimum absolute atomic E-state index is 0.532. The first-order chi connectivity index (χ1) is 4.67. The molecule has 0 aliphatic heterocycles. The van der Waals surface area contributed by atoms with Gasteiger partial charge in [-0.05, 0) is 19.3 Å². The average molecular weight is 134 g/mol. The second-order valence-electron chi connectivity index (χ2n) is 3.87. The quantitative estimate of drug-likeness (QED) is 0.517. The third kappa shape index (κ3) is 0.524. The highest BCUT2D eigenvalue weighted by atomic mass is 14.5. The third-order valence-electron chi connectivity index (χ3n) is 3.04. The van der Waals surface area contributed by atoms with E-state index in [2.05, 4.69) is 32.9 Å². The van der Waals surface area contributed by atoms with Crippen LogP contribution >= 0.6 is 0 Å². The monoisotopic (exact) mass is 134 g/mol. The molecule has 0 heteroatoms. The van der Waals surface area contributed by atoms with Crippen molar-refractivity contribution < 1.29 is 0 Å². The van der Waals surface area contributed by atoms with Gasteiger partial charge in [0.15, 0.2) is 0 Å². The van der Waals surface area contributed by atoms with Crippen molar-refractivity contribution in [2.24, 2.45) is 11.3 Å². The van der Waals surface area contributed by atoms with Gasteiger partial charge in [-0.15, -0.1) is 0 Å². The second-order valence-corrected chi connectivity index (χ2v) is 3.87. The Morgan fingerprint density at radius 3 is 2.40 bits per heavy atom. The maximum atomic E-state index is 2.39. The first kappa shape index (κ1) is 6.21. The highest BCUT2D eigenvalue weighted by molar-refractivity contribution is 5.52.